The number of rotatable bonds is 16. The second kappa shape index (κ2) is 15.6. The van der Waals surface area contributed by atoms with Gasteiger partial charge in [-0.15, -0.1) is 0 Å². The molecule has 38 heavy (non-hydrogen) atoms. The first-order valence-electron chi connectivity index (χ1n) is 14.3. The van der Waals surface area contributed by atoms with E-state index in [1.54, 1.807) is 0 Å². The molecule has 2 nitrogen and oxygen atoms in total. The molecule has 0 saturated heterocycles. The van der Waals surface area contributed by atoms with Crippen molar-refractivity contribution < 1.29 is 9.59 Å². The van der Waals surface area contributed by atoms with Crippen molar-refractivity contribution >= 4 is 23.2 Å². The quantitative estimate of drug-likeness (QED) is 0.184. The Balaban J connectivity index is 1.55. The van der Waals surface area contributed by atoms with E-state index in [0.29, 0.717) is 37.4 Å². The van der Waals surface area contributed by atoms with Gasteiger partial charge in [-0.3, -0.25) is 9.59 Å². The predicted molar refractivity (Wildman–Crippen MR) is 160 cm³/mol. The van der Waals surface area contributed by atoms with Crippen LogP contribution in [0.1, 0.15) is 101 Å². The fraction of sp³-hybridized carbons (Fsp3) is 0.429. The van der Waals surface area contributed by atoms with Crippen LogP contribution in [-0.2, 0) is 9.59 Å². The first-order valence-corrected chi connectivity index (χ1v) is 14.7. The van der Waals surface area contributed by atoms with Gasteiger partial charge in [0.15, 0.2) is 0 Å². The Morgan fingerprint density at radius 3 is 1.82 bits per heavy atom. The Labute approximate surface area is 234 Å². The number of benzene rings is 3. The van der Waals surface area contributed by atoms with Crippen LogP contribution in [0.25, 0.3) is 0 Å². The lowest BCUT2D eigenvalue weighted by molar-refractivity contribution is -0.125. The van der Waals surface area contributed by atoms with Crippen molar-refractivity contribution in [3.8, 4) is 0 Å². The summed E-state index contributed by atoms with van der Waals surface area (Å²) in [5, 5.41) is 0.757. The van der Waals surface area contributed by atoms with E-state index in [4.69, 9.17) is 11.6 Å². The molecule has 0 heterocycles. The van der Waals surface area contributed by atoms with Crippen molar-refractivity contribution in [1.82, 2.24) is 0 Å². The highest BCUT2D eigenvalue weighted by Gasteiger charge is 2.25. The van der Waals surface area contributed by atoms with Gasteiger partial charge >= 0.3 is 0 Å². The van der Waals surface area contributed by atoms with Gasteiger partial charge in [-0.2, -0.15) is 0 Å². The lowest BCUT2D eigenvalue weighted by Gasteiger charge is -2.22. The van der Waals surface area contributed by atoms with Gasteiger partial charge in [-0.1, -0.05) is 112 Å². The average Bonchev–Trinajstić information content (AvgIpc) is 2.92. The molecule has 0 aliphatic carbocycles. The third kappa shape index (κ3) is 9.24. The number of carbonyl (C=O) groups excluding carboxylic acids is 2. The third-order valence-electron chi connectivity index (χ3n) is 7.74. The Hall–Kier alpha value is -2.71. The van der Waals surface area contributed by atoms with Gasteiger partial charge < -0.3 is 0 Å². The summed E-state index contributed by atoms with van der Waals surface area (Å²) in [6.45, 7) is 6.43. The van der Waals surface area contributed by atoms with Gasteiger partial charge in [-0.25, -0.2) is 0 Å². The highest BCUT2D eigenvalue weighted by Crippen LogP contribution is 2.31. The highest BCUT2D eigenvalue weighted by atomic mass is 35.5. The van der Waals surface area contributed by atoms with Gasteiger partial charge in [-0.05, 0) is 66.3 Å². The van der Waals surface area contributed by atoms with E-state index >= 15 is 0 Å². The number of hydrogen-bond acceptors (Lipinski definition) is 2. The molecule has 3 rings (SSSR count). The smallest absolute Gasteiger partial charge is 0.136 e. The van der Waals surface area contributed by atoms with Crippen LogP contribution in [0, 0.1) is 11.8 Å². The molecule has 202 valence electrons. The molecule has 0 bridgehead atoms. The molecule has 0 amide bonds. The molecule has 3 aromatic rings. The van der Waals surface area contributed by atoms with Crippen LogP contribution < -0.4 is 0 Å². The van der Waals surface area contributed by atoms with E-state index in [0.717, 1.165) is 41.8 Å². The van der Waals surface area contributed by atoms with Gasteiger partial charge in [0.25, 0.3) is 0 Å². The number of ketones is 2. The summed E-state index contributed by atoms with van der Waals surface area (Å²) in [4.78, 5) is 26.4. The number of Topliss-reactive ketones (excluding diaryl/α,β-unsaturated/α-hetero) is 2. The van der Waals surface area contributed by atoms with Crippen LogP contribution in [0.4, 0.5) is 0 Å². The topological polar surface area (TPSA) is 34.1 Å². The second-order valence-corrected chi connectivity index (χ2v) is 11.3. The predicted octanol–water partition coefficient (Wildman–Crippen LogP) is 9.81. The van der Waals surface area contributed by atoms with E-state index in [-0.39, 0.29) is 23.5 Å². The summed E-state index contributed by atoms with van der Waals surface area (Å²) < 4.78 is 0. The fourth-order valence-corrected chi connectivity index (χ4v) is 5.71. The van der Waals surface area contributed by atoms with Crippen molar-refractivity contribution in [3.63, 3.8) is 0 Å². The SMILES string of the molecule is CCCC(CCCC(=O)C(CCC(=O)CC(c1ccccc1)c1ccccc1)C(C)C)c1ccc(Cl)cc1. The fourth-order valence-electron chi connectivity index (χ4n) is 5.58. The minimum Gasteiger partial charge on any atom is -0.300 e. The molecular formula is C35H43ClO2. The van der Waals surface area contributed by atoms with Crippen molar-refractivity contribution in [2.75, 3.05) is 0 Å². The molecule has 0 fully saturated rings. The zero-order chi connectivity index (χ0) is 27.3. The van der Waals surface area contributed by atoms with Crippen LogP contribution >= 0.6 is 11.6 Å². The van der Waals surface area contributed by atoms with Crippen molar-refractivity contribution in [3.05, 3.63) is 107 Å². The third-order valence-corrected chi connectivity index (χ3v) is 7.99. The van der Waals surface area contributed by atoms with E-state index in [2.05, 4.69) is 57.2 Å². The van der Waals surface area contributed by atoms with Crippen LogP contribution in [0.3, 0.4) is 0 Å². The molecule has 2 unspecified atom stereocenters. The summed E-state index contributed by atoms with van der Waals surface area (Å²) in [5.41, 5.74) is 3.62. The number of carbonyl (C=O) groups is 2. The molecule has 0 aliphatic rings. The summed E-state index contributed by atoms with van der Waals surface area (Å²) in [6, 6.07) is 28.7. The van der Waals surface area contributed by atoms with Crippen LogP contribution in [-0.4, -0.2) is 11.6 Å². The maximum atomic E-state index is 13.3. The maximum Gasteiger partial charge on any atom is 0.136 e. The standard InChI is InChI=1S/C35H43ClO2/c1-4-12-27(28-19-21-31(36)22-20-28)17-11-18-35(38)33(26(2)3)24-23-32(37)25-34(29-13-7-5-8-14-29)30-15-9-6-10-16-30/h5-10,13-16,19-22,26-27,33-34H,4,11-12,17-18,23-25H2,1-3H3. The largest absolute Gasteiger partial charge is 0.300 e. The minimum atomic E-state index is -0.0639. The van der Waals surface area contributed by atoms with E-state index in [1.807, 2.05) is 48.5 Å². The van der Waals surface area contributed by atoms with Gasteiger partial charge in [0, 0.05) is 36.1 Å². The summed E-state index contributed by atoms with van der Waals surface area (Å²) in [5.74, 6) is 1.20. The molecule has 2 atom stereocenters. The first kappa shape index (κ1) is 29.8. The Bertz CT molecular complexity index is 1070. The lowest BCUT2D eigenvalue weighted by atomic mass is 9.82. The van der Waals surface area contributed by atoms with Crippen LogP contribution in [0.2, 0.25) is 5.02 Å². The molecule has 0 saturated carbocycles. The molecular weight excluding hydrogens is 488 g/mol. The Morgan fingerprint density at radius 1 is 0.711 bits per heavy atom. The maximum absolute atomic E-state index is 13.3. The summed E-state index contributed by atoms with van der Waals surface area (Å²) in [6.07, 6.45) is 6.25. The van der Waals surface area contributed by atoms with Gasteiger partial charge in [0.2, 0.25) is 0 Å². The first-order chi connectivity index (χ1) is 18.4. The van der Waals surface area contributed by atoms with E-state index in [1.165, 1.54) is 5.56 Å². The average molecular weight is 531 g/mol. The minimum absolute atomic E-state index is 0.0430. The van der Waals surface area contributed by atoms with Crippen molar-refractivity contribution in [2.45, 2.75) is 84.0 Å². The molecule has 0 radical (unpaired) electrons. The summed E-state index contributed by atoms with van der Waals surface area (Å²) >= 11 is 6.08. The second-order valence-electron chi connectivity index (χ2n) is 10.9. The number of hydrogen-bond donors (Lipinski definition) is 0. The van der Waals surface area contributed by atoms with E-state index < -0.39 is 0 Å². The number of halogens is 1. The molecule has 3 heteroatoms. The normalized spacial score (nSPS) is 13.0. The van der Waals surface area contributed by atoms with E-state index in [9.17, 15) is 9.59 Å². The molecule has 0 aromatic heterocycles. The zero-order valence-corrected chi connectivity index (χ0v) is 24.0. The Kier molecular flexibility index (Phi) is 12.3. The van der Waals surface area contributed by atoms with Crippen molar-refractivity contribution in [2.24, 2.45) is 11.8 Å². The highest BCUT2D eigenvalue weighted by molar-refractivity contribution is 6.30. The lowest BCUT2D eigenvalue weighted by Crippen LogP contribution is -2.22. The zero-order valence-electron chi connectivity index (χ0n) is 23.2. The molecule has 0 spiro atoms. The summed E-state index contributed by atoms with van der Waals surface area (Å²) in [7, 11) is 0. The molecule has 0 aliphatic heterocycles. The molecule has 0 N–H and O–H groups in total. The monoisotopic (exact) mass is 530 g/mol. The van der Waals surface area contributed by atoms with Gasteiger partial charge in [0.05, 0.1) is 0 Å². The van der Waals surface area contributed by atoms with Crippen LogP contribution in [0.5, 0.6) is 0 Å². The Morgan fingerprint density at radius 2 is 1.29 bits per heavy atom. The molecule has 3 aromatic carbocycles. The van der Waals surface area contributed by atoms with Gasteiger partial charge in [0.1, 0.15) is 11.6 Å². The van der Waals surface area contributed by atoms with Crippen molar-refractivity contribution in [1.29, 1.82) is 0 Å². The van der Waals surface area contributed by atoms with Crippen LogP contribution in [0.15, 0.2) is 84.9 Å².